The Balaban J connectivity index is 1.74. The number of rotatable bonds is 4. The number of nitro benzene ring substituents is 1. The molecule has 1 N–H and O–H groups in total. The third-order valence-corrected chi connectivity index (χ3v) is 4.92. The van der Waals surface area contributed by atoms with E-state index in [1.807, 2.05) is 18.2 Å². The van der Waals surface area contributed by atoms with E-state index in [9.17, 15) is 19.7 Å². The highest BCUT2D eigenvalue weighted by molar-refractivity contribution is 14.1. The van der Waals surface area contributed by atoms with Gasteiger partial charge in [0.25, 0.3) is 5.69 Å². The molecule has 1 heterocycles. The van der Waals surface area contributed by atoms with E-state index in [-0.39, 0.29) is 30.5 Å². The molecule has 0 aromatic heterocycles. The molecule has 1 unspecified atom stereocenters. The number of nitrogens with zero attached hydrogens (tertiary/aromatic N) is 2. The monoisotopic (exact) mass is 451 g/mol. The first-order valence-corrected chi connectivity index (χ1v) is 8.64. The fraction of sp³-hybridized carbons (Fsp3) is 0.176. The van der Waals surface area contributed by atoms with Gasteiger partial charge in [-0.25, -0.2) is 0 Å². The predicted molar refractivity (Wildman–Crippen MR) is 101 cm³/mol. The van der Waals surface area contributed by atoms with E-state index < -0.39 is 10.8 Å². The lowest BCUT2D eigenvalue weighted by atomic mass is 10.1. The van der Waals surface area contributed by atoms with E-state index in [1.54, 1.807) is 12.1 Å². The van der Waals surface area contributed by atoms with Crippen LogP contribution in [0.2, 0.25) is 0 Å². The number of anilines is 2. The standard InChI is InChI=1S/C17H14IN3O4/c18-14-6-1-2-7-15(14)19-17(23)11-8-16(22)20(10-11)12-4-3-5-13(9-12)21(24)25/h1-7,9,11H,8,10H2,(H,19,23). The maximum absolute atomic E-state index is 12.5. The van der Waals surface area contributed by atoms with Crippen molar-refractivity contribution in [3.8, 4) is 0 Å². The second kappa shape index (κ2) is 7.18. The molecule has 0 aliphatic carbocycles. The lowest BCUT2D eigenvalue weighted by molar-refractivity contribution is -0.384. The van der Waals surface area contributed by atoms with Crippen LogP contribution < -0.4 is 10.2 Å². The Morgan fingerprint density at radius 2 is 2.00 bits per heavy atom. The van der Waals surface area contributed by atoms with Crippen molar-refractivity contribution in [2.24, 2.45) is 5.92 Å². The molecule has 0 saturated carbocycles. The number of benzene rings is 2. The number of halogens is 1. The number of amides is 2. The number of carbonyl (C=O) groups is 2. The van der Waals surface area contributed by atoms with Crippen LogP contribution in [-0.4, -0.2) is 23.3 Å². The van der Waals surface area contributed by atoms with Gasteiger partial charge in [0.15, 0.2) is 0 Å². The van der Waals surface area contributed by atoms with E-state index in [0.29, 0.717) is 11.4 Å². The van der Waals surface area contributed by atoms with Crippen molar-refractivity contribution in [1.29, 1.82) is 0 Å². The second-order valence-corrected chi connectivity index (χ2v) is 6.81. The molecule has 1 fully saturated rings. The van der Waals surface area contributed by atoms with Crippen LogP contribution >= 0.6 is 22.6 Å². The van der Waals surface area contributed by atoms with Gasteiger partial charge in [-0.2, -0.15) is 0 Å². The van der Waals surface area contributed by atoms with Crippen molar-refractivity contribution in [3.05, 3.63) is 62.2 Å². The third kappa shape index (κ3) is 3.78. The number of hydrogen-bond acceptors (Lipinski definition) is 4. The number of nitro groups is 1. The van der Waals surface area contributed by atoms with Crippen molar-refractivity contribution in [2.45, 2.75) is 6.42 Å². The highest BCUT2D eigenvalue weighted by Gasteiger charge is 2.35. The van der Waals surface area contributed by atoms with E-state index in [4.69, 9.17) is 0 Å². The minimum Gasteiger partial charge on any atom is -0.325 e. The molecule has 2 amide bonds. The molecule has 7 nitrogen and oxygen atoms in total. The van der Waals surface area contributed by atoms with E-state index in [1.165, 1.54) is 23.1 Å². The van der Waals surface area contributed by atoms with Crippen LogP contribution in [0.3, 0.4) is 0 Å². The van der Waals surface area contributed by atoms with E-state index >= 15 is 0 Å². The summed E-state index contributed by atoms with van der Waals surface area (Å²) in [7, 11) is 0. The minimum atomic E-state index is -0.508. The van der Waals surface area contributed by atoms with Gasteiger partial charge in [0.05, 0.1) is 22.2 Å². The molecule has 0 spiro atoms. The summed E-state index contributed by atoms with van der Waals surface area (Å²) in [6.07, 6.45) is 0.0813. The van der Waals surface area contributed by atoms with Crippen LogP contribution in [-0.2, 0) is 9.59 Å². The largest absolute Gasteiger partial charge is 0.325 e. The van der Waals surface area contributed by atoms with Gasteiger partial charge < -0.3 is 10.2 Å². The van der Waals surface area contributed by atoms with E-state index in [2.05, 4.69) is 27.9 Å². The van der Waals surface area contributed by atoms with Crippen molar-refractivity contribution in [2.75, 3.05) is 16.8 Å². The van der Waals surface area contributed by atoms with Crippen LogP contribution in [0.4, 0.5) is 17.1 Å². The quantitative estimate of drug-likeness (QED) is 0.439. The van der Waals surface area contributed by atoms with Crippen molar-refractivity contribution < 1.29 is 14.5 Å². The predicted octanol–water partition coefficient (Wildman–Crippen LogP) is 3.19. The third-order valence-electron chi connectivity index (χ3n) is 3.98. The van der Waals surface area contributed by atoms with Crippen LogP contribution in [0.5, 0.6) is 0 Å². The molecule has 0 radical (unpaired) electrons. The fourth-order valence-electron chi connectivity index (χ4n) is 2.70. The SMILES string of the molecule is O=C(Nc1ccccc1I)C1CC(=O)N(c2cccc([N+](=O)[O-])c2)C1. The van der Waals surface area contributed by atoms with E-state index in [0.717, 1.165) is 3.57 Å². The van der Waals surface area contributed by atoms with Gasteiger partial charge in [-0.1, -0.05) is 18.2 Å². The van der Waals surface area contributed by atoms with Gasteiger partial charge in [0.2, 0.25) is 11.8 Å². The molecular formula is C17H14IN3O4. The molecule has 1 aliphatic heterocycles. The lowest BCUT2D eigenvalue weighted by Gasteiger charge is -2.16. The fourth-order valence-corrected chi connectivity index (χ4v) is 3.23. The molecule has 128 valence electrons. The average molecular weight is 451 g/mol. The van der Waals surface area contributed by atoms with Crippen molar-refractivity contribution in [1.82, 2.24) is 0 Å². The molecule has 25 heavy (non-hydrogen) atoms. The summed E-state index contributed by atoms with van der Waals surface area (Å²) in [6, 6.07) is 13.3. The molecule has 2 aromatic carbocycles. The summed E-state index contributed by atoms with van der Waals surface area (Å²) in [4.78, 5) is 36.5. The molecule has 1 aliphatic rings. The number of non-ortho nitro benzene ring substituents is 1. The summed E-state index contributed by atoms with van der Waals surface area (Å²) in [6.45, 7) is 0.204. The van der Waals surface area contributed by atoms with Crippen LogP contribution in [0.25, 0.3) is 0 Å². The highest BCUT2D eigenvalue weighted by atomic mass is 127. The topological polar surface area (TPSA) is 92.6 Å². The summed E-state index contributed by atoms with van der Waals surface area (Å²) < 4.78 is 0.910. The van der Waals surface area contributed by atoms with Gasteiger partial charge in [0, 0.05) is 28.7 Å². The minimum absolute atomic E-state index is 0.0813. The van der Waals surface area contributed by atoms with Crippen molar-refractivity contribution in [3.63, 3.8) is 0 Å². The van der Waals surface area contributed by atoms with Gasteiger partial charge in [-0.15, -0.1) is 0 Å². The molecule has 1 atom stereocenters. The summed E-state index contributed by atoms with van der Waals surface area (Å²) in [5.74, 6) is -0.948. The van der Waals surface area contributed by atoms with Gasteiger partial charge in [-0.05, 0) is 40.8 Å². The first-order chi connectivity index (χ1) is 12.0. The normalized spacial score (nSPS) is 16.8. The Morgan fingerprint density at radius 3 is 2.72 bits per heavy atom. The molecule has 8 heteroatoms. The van der Waals surface area contributed by atoms with Gasteiger partial charge in [0.1, 0.15) is 0 Å². The first kappa shape index (κ1) is 17.3. The number of para-hydroxylation sites is 1. The second-order valence-electron chi connectivity index (χ2n) is 5.65. The van der Waals surface area contributed by atoms with Crippen LogP contribution in [0, 0.1) is 19.6 Å². The summed E-state index contributed by atoms with van der Waals surface area (Å²) in [5, 5.41) is 13.7. The van der Waals surface area contributed by atoms with Gasteiger partial charge in [-0.3, -0.25) is 19.7 Å². The average Bonchev–Trinajstić information content (AvgIpc) is 2.99. The Morgan fingerprint density at radius 1 is 1.24 bits per heavy atom. The lowest BCUT2D eigenvalue weighted by Crippen LogP contribution is -2.28. The molecule has 0 bridgehead atoms. The Labute approximate surface area is 157 Å². The molecule has 3 rings (SSSR count). The summed E-state index contributed by atoms with van der Waals surface area (Å²) in [5.41, 5.74) is 1.05. The zero-order valence-electron chi connectivity index (χ0n) is 13.0. The highest BCUT2D eigenvalue weighted by Crippen LogP contribution is 2.29. The smallest absolute Gasteiger partial charge is 0.271 e. The van der Waals surface area contributed by atoms with Crippen LogP contribution in [0.15, 0.2) is 48.5 Å². The molecule has 1 saturated heterocycles. The number of hydrogen-bond donors (Lipinski definition) is 1. The van der Waals surface area contributed by atoms with Gasteiger partial charge >= 0.3 is 0 Å². The number of carbonyl (C=O) groups excluding carboxylic acids is 2. The first-order valence-electron chi connectivity index (χ1n) is 7.56. The zero-order chi connectivity index (χ0) is 18.0. The zero-order valence-corrected chi connectivity index (χ0v) is 15.2. The maximum Gasteiger partial charge on any atom is 0.271 e. The Bertz CT molecular complexity index is 855. The van der Waals surface area contributed by atoms with Crippen LogP contribution in [0.1, 0.15) is 6.42 Å². The molecule has 2 aromatic rings. The van der Waals surface area contributed by atoms with Crippen molar-refractivity contribution >= 4 is 51.5 Å². The molecular weight excluding hydrogens is 437 g/mol. The Hall–Kier alpha value is -2.49. The number of nitrogens with one attached hydrogen (secondary N) is 1. The maximum atomic E-state index is 12.5. The Kier molecular flexibility index (Phi) is 4.98. The summed E-state index contributed by atoms with van der Waals surface area (Å²) >= 11 is 2.13.